The minimum absolute atomic E-state index is 0.345. The number of ether oxygens (including phenoxy) is 1. The number of rotatable bonds is 19. The minimum Gasteiger partial charge on any atom is -0.481 e. The Morgan fingerprint density at radius 2 is 1.12 bits per heavy atom. The number of hydrogen-bond acceptors (Lipinski definition) is 3. The zero-order chi connectivity index (χ0) is 19.7. The summed E-state index contributed by atoms with van der Waals surface area (Å²) in [6, 6.07) is 0. The van der Waals surface area contributed by atoms with Crippen LogP contribution in [-0.2, 0) is 9.53 Å². The summed E-state index contributed by atoms with van der Waals surface area (Å²) in [5.74, 6) is -0.653. The summed E-state index contributed by atoms with van der Waals surface area (Å²) >= 11 is 0. The maximum absolute atomic E-state index is 10.3. The van der Waals surface area contributed by atoms with E-state index in [2.05, 4.69) is 6.92 Å². The standard InChI is InChI=1S/C18H36O2.C4H11NO/c1-2-3-4-5-6-7-8-9-10-11-12-13-14-15-16-17-18(19)20;1-6-4-2-3-5/h2-17H2,1H3,(H,19,20);2-5H2,1H3. The van der Waals surface area contributed by atoms with E-state index in [1.165, 1.54) is 83.5 Å². The maximum Gasteiger partial charge on any atom is 0.303 e. The fourth-order valence-electron chi connectivity index (χ4n) is 2.88. The topological polar surface area (TPSA) is 72.5 Å². The molecule has 0 amide bonds. The number of unbranched alkanes of at least 4 members (excludes halogenated alkanes) is 14. The number of nitrogens with two attached hydrogens (primary N) is 1. The summed E-state index contributed by atoms with van der Waals surface area (Å²) in [7, 11) is 1.68. The highest BCUT2D eigenvalue weighted by molar-refractivity contribution is 5.66. The normalized spacial score (nSPS) is 10.4. The Balaban J connectivity index is 0. The van der Waals surface area contributed by atoms with Crippen molar-refractivity contribution in [1.29, 1.82) is 0 Å². The minimum atomic E-state index is -0.653. The number of carboxylic acids is 1. The Bertz CT molecular complexity index is 256. The molecule has 0 saturated carbocycles. The number of carbonyl (C=O) groups is 1. The van der Waals surface area contributed by atoms with E-state index in [-0.39, 0.29) is 0 Å². The first kappa shape index (κ1) is 27.6. The molecule has 3 N–H and O–H groups in total. The summed E-state index contributed by atoms with van der Waals surface area (Å²) < 4.78 is 4.70. The van der Waals surface area contributed by atoms with Gasteiger partial charge in [-0.05, 0) is 19.4 Å². The van der Waals surface area contributed by atoms with Gasteiger partial charge in [0.2, 0.25) is 0 Å². The van der Waals surface area contributed by atoms with Crippen molar-refractivity contribution in [3.63, 3.8) is 0 Å². The lowest BCUT2D eigenvalue weighted by Crippen LogP contribution is -2.01. The summed E-state index contributed by atoms with van der Waals surface area (Å²) in [5.41, 5.74) is 5.13. The average Bonchev–Trinajstić information content (AvgIpc) is 2.63. The molecule has 0 aromatic heterocycles. The van der Waals surface area contributed by atoms with Gasteiger partial charge in [0.05, 0.1) is 0 Å². The summed E-state index contributed by atoms with van der Waals surface area (Å²) in [6.45, 7) is 3.79. The first-order valence-electron chi connectivity index (χ1n) is 11.1. The molecule has 0 unspecified atom stereocenters. The Morgan fingerprint density at radius 1 is 0.731 bits per heavy atom. The van der Waals surface area contributed by atoms with Gasteiger partial charge in [-0.25, -0.2) is 0 Å². The molecule has 0 aliphatic heterocycles. The summed E-state index contributed by atoms with van der Waals surface area (Å²) in [5, 5.41) is 8.52. The van der Waals surface area contributed by atoms with Crippen molar-refractivity contribution < 1.29 is 14.6 Å². The van der Waals surface area contributed by atoms with Gasteiger partial charge in [-0.3, -0.25) is 4.79 Å². The average molecular weight is 374 g/mol. The molecule has 0 radical (unpaired) electrons. The van der Waals surface area contributed by atoms with Crippen LogP contribution >= 0.6 is 0 Å². The van der Waals surface area contributed by atoms with Crippen LogP contribution in [-0.4, -0.2) is 31.3 Å². The van der Waals surface area contributed by atoms with Crippen LogP contribution in [0.25, 0.3) is 0 Å². The van der Waals surface area contributed by atoms with Crippen molar-refractivity contribution in [2.75, 3.05) is 20.3 Å². The van der Waals surface area contributed by atoms with Gasteiger partial charge in [-0.1, -0.05) is 96.8 Å². The van der Waals surface area contributed by atoms with E-state index in [1.807, 2.05) is 0 Å². The first-order chi connectivity index (χ1) is 12.7. The van der Waals surface area contributed by atoms with E-state index in [0.717, 1.165) is 32.4 Å². The van der Waals surface area contributed by atoms with Crippen molar-refractivity contribution in [3.8, 4) is 0 Å². The van der Waals surface area contributed by atoms with E-state index in [1.54, 1.807) is 7.11 Å². The van der Waals surface area contributed by atoms with Crippen molar-refractivity contribution in [3.05, 3.63) is 0 Å². The van der Waals surface area contributed by atoms with Crippen LogP contribution in [0.4, 0.5) is 0 Å². The molecular weight excluding hydrogens is 326 g/mol. The lowest BCUT2D eigenvalue weighted by Gasteiger charge is -2.03. The lowest BCUT2D eigenvalue weighted by atomic mass is 10.0. The van der Waals surface area contributed by atoms with Gasteiger partial charge in [0, 0.05) is 20.1 Å². The zero-order valence-electron chi connectivity index (χ0n) is 17.8. The molecule has 158 valence electrons. The molecule has 4 nitrogen and oxygen atoms in total. The highest BCUT2D eigenvalue weighted by Gasteiger charge is 1.97. The van der Waals surface area contributed by atoms with Crippen LogP contribution in [0.15, 0.2) is 0 Å². The monoisotopic (exact) mass is 373 g/mol. The largest absolute Gasteiger partial charge is 0.481 e. The molecule has 0 aliphatic rings. The van der Waals surface area contributed by atoms with Crippen molar-refractivity contribution in [1.82, 2.24) is 0 Å². The molecule has 4 heteroatoms. The highest BCUT2D eigenvalue weighted by Crippen LogP contribution is 2.13. The SMILES string of the molecule is CCCCCCCCCCCCCCCCCC(=O)O.COCCCN. The molecule has 0 heterocycles. The lowest BCUT2D eigenvalue weighted by molar-refractivity contribution is -0.137. The molecule has 26 heavy (non-hydrogen) atoms. The molecule has 0 aromatic carbocycles. The molecule has 0 spiro atoms. The highest BCUT2D eigenvalue weighted by atomic mass is 16.5. The third-order valence-corrected chi connectivity index (χ3v) is 4.55. The molecular formula is C22H47NO3. The van der Waals surface area contributed by atoms with Gasteiger partial charge < -0.3 is 15.6 Å². The summed E-state index contributed by atoms with van der Waals surface area (Å²) in [6.07, 6.45) is 21.2. The molecule has 0 aromatic rings. The number of aliphatic carboxylic acids is 1. The summed E-state index contributed by atoms with van der Waals surface area (Å²) in [4.78, 5) is 10.3. The van der Waals surface area contributed by atoms with Gasteiger partial charge in [0.25, 0.3) is 0 Å². The Labute approximate surface area is 163 Å². The van der Waals surface area contributed by atoms with E-state index in [9.17, 15) is 4.79 Å². The second-order valence-electron chi connectivity index (χ2n) is 7.23. The van der Waals surface area contributed by atoms with Crippen LogP contribution in [0.3, 0.4) is 0 Å². The Hall–Kier alpha value is -0.610. The second kappa shape index (κ2) is 26.6. The van der Waals surface area contributed by atoms with Crippen molar-refractivity contribution in [2.45, 2.75) is 116 Å². The molecule has 0 rings (SSSR count). The Morgan fingerprint density at radius 3 is 1.38 bits per heavy atom. The van der Waals surface area contributed by atoms with E-state index >= 15 is 0 Å². The number of hydrogen-bond donors (Lipinski definition) is 2. The smallest absolute Gasteiger partial charge is 0.303 e. The van der Waals surface area contributed by atoms with Gasteiger partial charge in [0.15, 0.2) is 0 Å². The van der Waals surface area contributed by atoms with Gasteiger partial charge in [-0.15, -0.1) is 0 Å². The second-order valence-corrected chi connectivity index (χ2v) is 7.23. The van der Waals surface area contributed by atoms with Crippen LogP contribution in [0.5, 0.6) is 0 Å². The predicted octanol–water partition coefficient (Wildman–Crippen LogP) is 6.31. The van der Waals surface area contributed by atoms with Crippen molar-refractivity contribution >= 4 is 5.97 Å². The van der Waals surface area contributed by atoms with Gasteiger partial charge >= 0.3 is 5.97 Å². The third-order valence-electron chi connectivity index (χ3n) is 4.55. The Kier molecular flexibility index (Phi) is 28.3. The van der Waals surface area contributed by atoms with Crippen LogP contribution in [0.1, 0.15) is 116 Å². The molecule has 0 aliphatic carbocycles. The molecule has 0 atom stereocenters. The van der Waals surface area contributed by atoms with E-state index in [0.29, 0.717) is 6.42 Å². The fourth-order valence-corrected chi connectivity index (χ4v) is 2.88. The third kappa shape index (κ3) is 31.2. The fraction of sp³-hybridized carbons (Fsp3) is 0.955. The van der Waals surface area contributed by atoms with E-state index in [4.69, 9.17) is 15.6 Å². The molecule has 0 saturated heterocycles. The van der Waals surface area contributed by atoms with Crippen LogP contribution in [0, 0.1) is 0 Å². The van der Waals surface area contributed by atoms with Gasteiger partial charge in [0.1, 0.15) is 0 Å². The predicted molar refractivity (Wildman–Crippen MR) is 113 cm³/mol. The molecule has 0 bridgehead atoms. The quantitative estimate of drug-likeness (QED) is 0.260. The van der Waals surface area contributed by atoms with Gasteiger partial charge in [-0.2, -0.15) is 0 Å². The van der Waals surface area contributed by atoms with Crippen LogP contribution in [0.2, 0.25) is 0 Å². The van der Waals surface area contributed by atoms with Crippen molar-refractivity contribution in [2.24, 2.45) is 5.73 Å². The maximum atomic E-state index is 10.3. The van der Waals surface area contributed by atoms with Crippen LogP contribution < -0.4 is 5.73 Å². The number of carboxylic acid groups (broad SMARTS) is 1. The molecule has 0 fully saturated rings. The first-order valence-corrected chi connectivity index (χ1v) is 11.1. The van der Waals surface area contributed by atoms with E-state index < -0.39 is 5.97 Å². The zero-order valence-corrected chi connectivity index (χ0v) is 17.8. The number of methoxy groups -OCH3 is 1.